The standard InChI is InChI=1S/C14H31N3/c1-12(2)14(9-15)11-17-7-5-13(6-8-17)10-16(3)4/h12-14H,5-11,15H2,1-4H3. The number of hydrogen-bond donors (Lipinski definition) is 1. The highest BCUT2D eigenvalue weighted by atomic mass is 15.1. The van der Waals surface area contributed by atoms with Crippen molar-refractivity contribution in [2.75, 3.05) is 46.8 Å². The lowest BCUT2D eigenvalue weighted by molar-refractivity contribution is 0.134. The Balaban J connectivity index is 2.27. The number of nitrogens with zero attached hydrogens (tertiary/aromatic N) is 2. The molecule has 0 bridgehead atoms. The van der Waals surface area contributed by atoms with Crippen LogP contribution in [-0.2, 0) is 0 Å². The monoisotopic (exact) mass is 241 g/mol. The molecule has 3 nitrogen and oxygen atoms in total. The van der Waals surface area contributed by atoms with Crippen LogP contribution in [0.2, 0.25) is 0 Å². The summed E-state index contributed by atoms with van der Waals surface area (Å²) in [5.41, 5.74) is 5.85. The summed E-state index contributed by atoms with van der Waals surface area (Å²) in [5.74, 6) is 2.27. The average molecular weight is 241 g/mol. The summed E-state index contributed by atoms with van der Waals surface area (Å²) in [6.45, 7) is 10.4. The number of piperidine rings is 1. The van der Waals surface area contributed by atoms with Gasteiger partial charge in [-0.2, -0.15) is 0 Å². The maximum atomic E-state index is 5.85. The first-order valence-corrected chi connectivity index (χ1v) is 7.10. The molecule has 0 aromatic heterocycles. The minimum absolute atomic E-state index is 0.667. The zero-order chi connectivity index (χ0) is 12.8. The third-order valence-corrected chi connectivity index (χ3v) is 4.07. The fourth-order valence-corrected chi connectivity index (χ4v) is 2.76. The molecule has 1 atom stereocenters. The average Bonchev–Trinajstić information content (AvgIpc) is 2.26. The third-order valence-electron chi connectivity index (χ3n) is 4.07. The highest BCUT2D eigenvalue weighted by molar-refractivity contribution is 4.77. The Morgan fingerprint density at radius 3 is 2.24 bits per heavy atom. The van der Waals surface area contributed by atoms with Crippen LogP contribution in [0.5, 0.6) is 0 Å². The molecule has 0 spiro atoms. The second-order valence-corrected chi connectivity index (χ2v) is 6.25. The van der Waals surface area contributed by atoms with Gasteiger partial charge in [0, 0.05) is 13.1 Å². The van der Waals surface area contributed by atoms with Crippen LogP contribution in [0.25, 0.3) is 0 Å². The maximum Gasteiger partial charge on any atom is 0.00242 e. The third kappa shape index (κ3) is 5.36. The molecule has 1 heterocycles. The molecular weight excluding hydrogens is 210 g/mol. The predicted octanol–water partition coefficient (Wildman–Crippen LogP) is 1.49. The molecule has 0 saturated carbocycles. The van der Waals surface area contributed by atoms with E-state index in [2.05, 4.69) is 37.7 Å². The van der Waals surface area contributed by atoms with Gasteiger partial charge in [-0.3, -0.25) is 0 Å². The van der Waals surface area contributed by atoms with E-state index in [1.54, 1.807) is 0 Å². The second-order valence-electron chi connectivity index (χ2n) is 6.25. The van der Waals surface area contributed by atoms with Crippen molar-refractivity contribution in [3.05, 3.63) is 0 Å². The van der Waals surface area contributed by atoms with E-state index in [-0.39, 0.29) is 0 Å². The lowest BCUT2D eigenvalue weighted by Crippen LogP contribution is -2.41. The van der Waals surface area contributed by atoms with E-state index in [9.17, 15) is 0 Å². The topological polar surface area (TPSA) is 32.5 Å². The van der Waals surface area contributed by atoms with Crippen molar-refractivity contribution in [1.82, 2.24) is 9.80 Å². The Kier molecular flexibility index (Phi) is 6.45. The van der Waals surface area contributed by atoms with Crippen LogP contribution in [0.15, 0.2) is 0 Å². The van der Waals surface area contributed by atoms with Crippen molar-refractivity contribution >= 4 is 0 Å². The minimum atomic E-state index is 0.667. The molecule has 1 aliphatic heterocycles. The summed E-state index contributed by atoms with van der Waals surface area (Å²) in [6.07, 6.45) is 2.71. The summed E-state index contributed by atoms with van der Waals surface area (Å²) < 4.78 is 0. The van der Waals surface area contributed by atoms with Gasteiger partial charge >= 0.3 is 0 Å². The van der Waals surface area contributed by atoms with E-state index in [0.29, 0.717) is 11.8 Å². The molecule has 0 aromatic rings. The first kappa shape index (κ1) is 14.9. The number of likely N-dealkylation sites (tertiary alicyclic amines) is 1. The van der Waals surface area contributed by atoms with Gasteiger partial charge in [0.25, 0.3) is 0 Å². The van der Waals surface area contributed by atoms with E-state index >= 15 is 0 Å². The molecule has 0 aromatic carbocycles. The summed E-state index contributed by atoms with van der Waals surface area (Å²) in [4.78, 5) is 4.93. The van der Waals surface area contributed by atoms with Gasteiger partial charge in [0.2, 0.25) is 0 Å². The van der Waals surface area contributed by atoms with Crippen LogP contribution in [0.3, 0.4) is 0 Å². The Hall–Kier alpha value is -0.120. The van der Waals surface area contributed by atoms with E-state index < -0.39 is 0 Å². The molecule has 3 heteroatoms. The zero-order valence-electron chi connectivity index (χ0n) is 12.2. The predicted molar refractivity (Wildman–Crippen MR) is 75.1 cm³/mol. The fraction of sp³-hybridized carbons (Fsp3) is 1.00. The smallest absolute Gasteiger partial charge is 0.00242 e. The molecule has 17 heavy (non-hydrogen) atoms. The highest BCUT2D eigenvalue weighted by Gasteiger charge is 2.22. The van der Waals surface area contributed by atoms with Gasteiger partial charge in [-0.1, -0.05) is 13.8 Å². The van der Waals surface area contributed by atoms with Crippen molar-refractivity contribution in [2.24, 2.45) is 23.5 Å². The first-order chi connectivity index (χ1) is 8.02. The maximum absolute atomic E-state index is 5.85. The molecule has 1 saturated heterocycles. The highest BCUT2D eigenvalue weighted by Crippen LogP contribution is 2.20. The van der Waals surface area contributed by atoms with Gasteiger partial charge in [0.05, 0.1) is 0 Å². The molecule has 1 rings (SSSR count). The van der Waals surface area contributed by atoms with Gasteiger partial charge in [-0.25, -0.2) is 0 Å². The zero-order valence-corrected chi connectivity index (χ0v) is 12.2. The van der Waals surface area contributed by atoms with Crippen molar-refractivity contribution in [3.8, 4) is 0 Å². The van der Waals surface area contributed by atoms with Crippen LogP contribution in [0.1, 0.15) is 26.7 Å². The minimum Gasteiger partial charge on any atom is -0.330 e. The van der Waals surface area contributed by atoms with E-state index in [4.69, 9.17) is 5.73 Å². The molecule has 1 unspecified atom stereocenters. The SMILES string of the molecule is CC(C)C(CN)CN1CCC(CN(C)C)CC1. The molecule has 1 aliphatic rings. The fourth-order valence-electron chi connectivity index (χ4n) is 2.76. The van der Waals surface area contributed by atoms with Crippen LogP contribution < -0.4 is 5.73 Å². The Morgan fingerprint density at radius 2 is 1.82 bits per heavy atom. The second kappa shape index (κ2) is 7.34. The van der Waals surface area contributed by atoms with Gasteiger partial charge in [0.15, 0.2) is 0 Å². The lowest BCUT2D eigenvalue weighted by Gasteiger charge is -2.35. The van der Waals surface area contributed by atoms with Crippen LogP contribution in [0, 0.1) is 17.8 Å². The van der Waals surface area contributed by atoms with E-state index in [0.717, 1.165) is 12.5 Å². The first-order valence-electron chi connectivity index (χ1n) is 7.10. The summed E-state index contributed by atoms with van der Waals surface area (Å²) in [5, 5.41) is 0. The van der Waals surface area contributed by atoms with Crippen molar-refractivity contribution in [1.29, 1.82) is 0 Å². The molecular formula is C14H31N3. The summed E-state index contributed by atoms with van der Waals surface area (Å²) >= 11 is 0. The van der Waals surface area contributed by atoms with Crippen molar-refractivity contribution in [3.63, 3.8) is 0 Å². The molecule has 0 radical (unpaired) electrons. The number of rotatable bonds is 6. The molecule has 2 N–H and O–H groups in total. The molecule has 1 fully saturated rings. The molecule has 102 valence electrons. The van der Waals surface area contributed by atoms with Crippen LogP contribution in [0.4, 0.5) is 0 Å². The van der Waals surface area contributed by atoms with E-state index in [1.807, 2.05) is 0 Å². The molecule has 0 aliphatic carbocycles. The Labute approximate surface area is 107 Å². The van der Waals surface area contributed by atoms with Crippen LogP contribution >= 0.6 is 0 Å². The van der Waals surface area contributed by atoms with Gasteiger partial charge in [-0.15, -0.1) is 0 Å². The van der Waals surface area contributed by atoms with Gasteiger partial charge in [0.1, 0.15) is 0 Å². The summed E-state index contributed by atoms with van der Waals surface area (Å²) in [7, 11) is 4.35. The van der Waals surface area contributed by atoms with Crippen molar-refractivity contribution < 1.29 is 0 Å². The van der Waals surface area contributed by atoms with E-state index in [1.165, 1.54) is 39.0 Å². The lowest BCUT2D eigenvalue weighted by atomic mass is 9.92. The van der Waals surface area contributed by atoms with Gasteiger partial charge < -0.3 is 15.5 Å². The van der Waals surface area contributed by atoms with Crippen LogP contribution in [-0.4, -0.2) is 56.6 Å². The number of hydrogen-bond acceptors (Lipinski definition) is 3. The normalized spacial score (nSPS) is 21.4. The van der Waals surface area contributed by atoms with Gasteiger partial charge in [-0.05, 0) is 64.3 Å². The summed E-state index contributed by atoms with van der Waals surface area (Å²) in [6, 6.07) is 0. The largest absolute Gasteiger partial charge is 0.330 e. The van der Waals surface area contributed by atoms with Crippen molar-refractivity contribution in [2.45, 2.75) is 26.7 Å². The molecule has 0 amide bonds. The Morgan fingerprint density at radius 1 is 1.24 bits per heavy atom. The number of nitrogens with two attached hydrogens (primary N) is 1. The quantitative estimate of drug-likeness (QED) is 0.765. The Bertz CT molecular complexity index is 196.